The third-order valence-corrected chi connectivity index (χ3v) is 4.02. The van der Waals surface area contributed by atoms with Crippen molar-refractivity contribution in [2.75, 3.05) is 0 Å². The van der Waals surface area contributed by atoms with Crippen LogP contribution in [-0.4, -0.2) is 41.0 Å². The van der Waals surface area contributed by atoms with Gasteiger partial charge in [-0.15, -0.1) is 0 Å². The molecule has 8 nitrogen and oxygen atoms in total. The number of imidazole rings is 1. The third-order valence-electron chi connectivity index (χ3n) is 4.02. The smallest absolute Gasteiger partial charge is 0.337 e. The van der Waals surface area contributed by atoms with Crippen LogP contribution in [0.3, 0.4) is 0 Å². The molecule has 134 valence electrons. The summed E-state index contributed by atoms with van der Waals surface area (Å²) in [5.74, 6) is -0.835. The largest absolute Gasteiger partial charge is 0.478 e. The molecule has 3 heterocycles. The highest BCUT2D eigenvalue weighted by Gasteiger charge is 2.16. The van der Waals surface area contributed by atoms with Gasteiger partial charge in [0.05, 0.1) is 11.3 Å². The number of carboxylic acid groups (broad SMARTS) is 1. The Morgan fingerprint density at radius 3 is 2.74 bits per heavy atom. The van der Waals surface area contributed by atoms with Crippen molar-refractivity contribution in [1.82, 2.24) is 29.9 Å². The standard InChI is InChI=1S/C18H13FN6O2/c19-13-4-2-1-3-11(13)7-14-17(23-24-22-14)15-9-25(10-21-15)16-6-5-12(8-20-16)18(26)27/h1-6,8-10H,7H2,(H,26,27)(H,22,23,24). The normalized spacial score (nSPS) is 10.9. The number of benzene rings is 1. The fourth-order valence-electron chi connectivity index (χ4n) is 2.64. The van der Waals surface area contributed by atoms with E-state index in [1.807, 2.05) is 0 Å². The van der Waals surface area contributed by atoms with Gasteiger partial charge in [-0.2, -0.15) is 15.4 Å². The van der Waals surface area contributed by atoms with Gasteiger partial charge in [-0.25, -0.2) is 19.2 Å². The highest BCUT2D eigenvalue weighted by atomic mass is 19.1. The second-order valence-corrected chi connectivity index (χ2v) is 5.76. The van der Waals surface area contributed by atoms with Gasteiger partial charge >= 0.3 is 5.97 Å². The van der Waals surface area contributed by atoms with E-state index in [9.17, 15) is 9.18 Å². The Morgan fingerprint density at radius 2 is 2.00 bits per heavy atom. The van der Waals surface area contributed by atoms with Gasteiger partial charge in [0.1, 0.15) is 29.4 Å². The molecule has 27 heavy (non-hydrogen) atoms. The van der Waals surface area contributed by atoms with Gasteiger partial charge in [0.15, 0.2) is 0 Å². The highest BCUT2D eigenvalue weighted by Crippen LogP contribution is 2.22. The number of aromatic nitrogens is 6. The Bertz CT molecular complexity index is 1100. The van der Waals surface area contributed by atoms with Crippen LogP contribution in [0.1, 0.15) is 21.6 Å². The number of pyridine rings is 1. The molecule has 0 saturated carbocycles. The molecule has 0 aliphatic heterocycles. The van der Waals surface area contributed by atoms with Crippen molar-refractivity contribution < 1.29 is 14.3 Å². The fourth-order valence-corrected chi connectivity index (χ4v) is 2.64. The van der Waals surface area contributed by atoms with Crippen LogP contribution in [0.5, 0.6) is 0 Å². The van der Waals surface area contributed by atoms with Crippen LogP contribution < -0.4 is 0 Å². The second kappa shape index (κ2) is 6.79. The quantitative estimate of drug-likeness (QED) is 0.563. The highest BCUT2D eigenvalue weighted by molar-refractivity contribution is 5.87. The minimum absolute atomic E-state index is 0.0998. The molecule has 4 aromatic rings. The van der Waals surface area contributed by atoms with E-state index < -0.39 is 5.97 Å². The summed E-state index contributed by atoms with van der Waals surface area (Å²) in [6, 6.07) is 9.53. The average Bonchev–Trinajstić information content (AvgIpc) is 3.33. The zero-order valence-electron chi connectivity index (χ0n) is 13.9. The molecule has 0 radical (unpaired) electrons. The van der Waals surface area contributed by atoms with Crippen LogP contribution in [0.4, 0.5) is 4.39 Å². The Balaban J connectivity index is 1.62. The van der Waals surface area contributed by atoms with Gasteiger partial charge in [-0.3, -0.25) is 4.57 Å². The number of carboxylic acids is 1. The summed E-state index contributed by atoms with van der Waals surface area (Å²) in [6.45, 7) is 0. The Morgan fingerprint density at radius 1 is 1.15 bits per heavy atom. The third kappa shape index (κ3) is 3.30. The molecule has 0 saturated heterocycles. The van der Waals surface area contributed by atoms with Gasteiger partial charge in [0.2, 0.25) is 0 Å². The molecule has 0 bridgehead atoms. The summed E-state index contributed by atoms with van der Waals surface area (Å²) >= 11 is 0. The first-order valence-corrected chi connectivity index (χ1v) is 7.99. The first-order chi connectivity index (χ1) is 13.1. The average molecular weight is 364 g/mol. The lowest BCUT2D eigenvalue weighted by atomic mass is 10.1. The number of hydrogen-bond donors (Lipinski definition) is 2. The molecular formula is C18H13FN6O2. The molecule has 0 spiro atoms. The van der Waals surface area contributed by atoms with Crippen molar-refractivity contribution in [3.63, 3.8) is 0 Å². The predicted molar refractivity (Wildman–Crippen MR) is 92.9 cm³/mol. The monoisotopic (exact) mass is 364 g/mol. The Labute approximate surface area is 152 Å². The first-order valence-electron chi connectivity index (χ1n) is 7.99. The van der Waals surface area contributed by atoms with E-state index in [1.54, 1.807) is 41.4 Å². The summed E-state index contributed by atoms with van der Waals surface area (Å²) in [5.41, 5.74) is 2.23. The molecule has 0 fully saturated rings. The molecule has 4 rings (SSSR count). The number of H-pyrrole nitrogens is 1. The number of aromatic amines is 1. The van der Waals surface area contributed by atoms with E-state index in [2.05, 4.69) is 25.4 Å². The molecule has 0 unspecified atom stereocenters. The number of nitrogens with one attached hydrogen (secondary N) is 1. The summed E-state index contributed by atoms with van der Waals surface area (Å²) in [7, 11) is 0. The van der Waals surface area contributed by atoms with Gasteiger partial charge in [0, 0.05) is 18.8 Å². The first kappa shape index (κ1) is 16.6. The maximum absolute atomic E-state index is 13.9. The van der Waals surface area contributed by atoms with E-state index >= 15 is 0 Å². The van der Waals surface area contributed by atoms with Crippen LogP contribution in [0.15, 0.2) is 55.1 Å². The molecule has 0 atom stereocenters. The van der Waals surface area contributed by atoms with E-state index in [-0.39, 0.29) is 17.8 Å². The molecule has 0 aliphatic carbocycles. The molecular weight excluding hydrogens is 351 g/mol. The van der Waals surface area contributed by atoms with Crippen molar-refractivity contribution in [2.24, 2.45) is 0 Å². The second-order valence-electron chi connectivity index (χ2n) is 5.76. The molecule has 1 aromatic carbocycles. The Hall–Kier alpha value is -3.88. The topological polar surface area (TPSA) is 110 Å². The predicted octanol–water partition coefficient (Wildman–Crippen LogP) is 2.48. The zero-order chi connectivity index (χ0) is 18.8. The molecule has 9 heteroatoms. The fraction of sp³-hybridized carbons (Fsp3) is 0.0556. The maximum atomic E-state index is 13.9. The van der Waals surface area contributed by atoms with Crippen LogP contribution in [0.2, 0.25) is 0 Å². The lowest BCUT2D eigenvalue weighted by Crippen LogP contribution is -2.00. The molecule has 0 aliphatic rings. The molecule has 3 aromatic heterocycles. The summed E-state index contributed by atoms with van der Waals surface area (Å²) in [4.78, 5) is 19.3. The van der Waals surface area contributed by atoms with Crippen LogP contribution in [0, 0.1) is 5.82 Å². The zero-order valence-corrected chi connectivity index (χ0v) is 13.9. The number of carbonyl (C=O) groups is 1. The molecule has 2 N–H and O–H groups in total. The summed E-state index contributed by atoms with van der Waals surface area (Å²) < 4.78 is 15.5. The number of halogens is 1. The van der Waals surface area contributed by atoms with Gasteiger partial charge < -0.3 is 5.11 Å². The minimum Gasteiger partial charge on any atom is -0.478 e. The maximum Gasteiger partial charge on any atom is 0.337 e. The minimum atomic E-state index is -1.04. The van der Waals surface area contributed by atoms with Crippen LogP contribution >= 0.6 is 0 Å². The number of hydrogen-bond acceptors (Lipinski definition) is 5. The van der Waals surface area contributed by atoms with Crippen LogP contribution in [-0.2, 0) is 6.42 Å². The van der Waals surface area contributed by atoms with Crippen molar-refractivity contribution in [3.05, 3.63) is 77.8 Å². The van der Waals surface area contributed by atoms with Crippen molar-refractivity contribution in [3.8, 4) is 17.2 Å². The van der Waals surface area contributed by atoms with E-state index in [0.717, 1.165) is 0 Å². The number of aromatic carboxylic acids is 1. The number of nitrogens with zero attached hydrogens (tertiary/aromatic N) is 5. The van der Waals surface area contributed by atoms with Crippen molar-refractivity contribution >= 4 is 5.97 Å². The van der Waals surface area contributed by atoms with E-state index in [1.165, 1.54) is 18.3 Å². The van der Waals surface area contributed by atoms with Crippen LogP contribution in [0.25, 0.3) is 17.2 Å². The lowest BCUT2D eigenvalue weighted by Gasteiger charge is -2.02. The lowest BCUT2D eigenvalue weighted by molar-refractivity contribution is 0.0696. The van der Waals surface area contributed by atoms with Gasteiger partial charge in [-0.05, 0) is 23.8 Å². The summed E-state index contributed by atoms with van der Waals surface area (Å²) in [6.07, 6.45) is 4.79. The van der Waals surface area contributed by atoms with E-state index in [0.29, 0.717) is 28.5 Å². The van der Waals surface area contributed by atoms with Gasteiger partial charge in [0.25, 0.3) is 0 Å². The SMILES string of the molecule is O=C(O)c1ccc(-n2cnc(-c3n[nH]nc3Cc3ccccc3F)c2)nc1. The number of rotatable bonds is 5. The van der Waals surface area contributed by atoms with Crippen molar-refractivity contribution in [2.45, 2.75) is 6.42 Å². The van der Waals surface area contributed by atoms with E-state index in [4.69, 9.17) is 5.11 Å². The van der Waals surface area contributed by atoms with Crippen molar-refractivity contribution in [1.29, 1.82) is 0 Å². The van der Waals surface area contributed by atoms with Gasteiger partial charge in [-0.1, -0.05) is 18.2 Å². The molecule has 0 amide bonds. The summed E-state index contributed by atoms with van der Waals surface area (Å²) in [5, 5.41) is 19.7. The Kier molecular flexibility index (Phi) is 4.17.